The van der Waals surface area contributed by atoms with E-state index in [0.29, 0.717) is 54.2 Å². The van der Waals surface area contributed by atoms with Gasteiger partial charge < -0.3 is 15.4 Å². The molecule has 0 bridgehead atoms. The van der Waals surface area contributed by atoms with E-state index in [1.54, 1.807) is 24.4 Å². The lowest BCUT2D eigenvalue weighted by atomic mass is 10.1. The fourth-order valence-corrected chi connectivity index (χ4v) is 5.99. The van der Waals surface area contributed by atoms with Crippen LogP contribution in [-0.4, -0.2) is 50.3 Å². The molecule has 1 fully saturated rings. The number of piperidine rings is 1. The number of pyridine rings is 1. The van der Waals surface area contributed by atoms with Gasteiger partial charge in [-0.15, -0.1) is 0 Å². The second-order valence-corrected chi connectivity index (χ2v) is 11.7. The van der Waals surface area contributed by atoms with Crippen LogP contribution in [0.5, 0.6) is 0 Å². The first-order chi connectivity index (χ1) is 18.7. The summed E-state index contributed by atoms with van der Waals surface area (Å²) in [7, 11) is -3.06. The third-order valence-corrected chi connectivity index (χ3v) is 7.91. The highest BCUT2D eigenvalue weighted by Gasteiger charge is 2.22. The van der Waals surface area contributed by atoms with Crippen LogP contribution in [0.4, 0.5) is 24.8 Å². The molecule has 0 saturated carbocycles. The number of aryl methyl sites for hydroxylation is 1. The van der Waals surface area contributed by atoms with Crippen molar-refractivity contribution >= 4 is 38.2 Å². The molecule has 11 heteroatoms. The molecule has 0 radical (unpaired) electrons. The highest BCUT2D eigenvalue weighted by Crippen LogP contribution is 2.28. The van der Waals surface area contributed by atoms with Crippen molar-refractivity contribution in [1.29, 1.82) is 0 Å². The van der Waals surface area contributed by atoms with Crippen LogP contribution in [0.2, 0.25) is 0 Å². The standard InChI is InChI=1S/C28H29F3N6OS/c1-3-17-11-25(35-26-15-33-28(36-27(17)26)34-21-12-20(29)13-32-14-21)18-8-9-24(23(31)10-18)37-39(2,38)16-19-6-4-5-7-22(19)30/h4-11,15,20-21,32H,2-3,12-14,16H2,1H3,(H,37,38)(H,33,34,36)/t20-,21-,39?/m0/s1. The highest BCUT2D eigenvalue weighted by molar-refractivity contribution is 8.00. The maximum absolute atomic E-state index is 15.1. The summed E-state index contributed by atoms with van der Waals surface area (Å²) in [5.41, 5.74) is 3.40. The summed E-state index contributed by atoms with van der Waals surface area (Å²) in [6.07, 6.45) is 1.72. The summed E-state index contributed by atoms with van der Waals surface area (Å²) in [5.74, 6) is 2.74. The number of hydrogen-bond acceptors (Lipinski definition) is 6. The van der Waals surface area contributed by atoms with E-state index in [1.807, 2.05) is 13.0 Å². The molecule has 1 unspecified atom stereocenters. The van der Waals surface area contributed by atoms with Crippen LogP contribution in [0.15, 0.2) is 54.7 Å². The van der Waals surface area contributed by atoms with Crippen LogP contribution in [-0.2, 0) is 21.9 Å². The number of rotatable bonds is 8. The minimum atomic E-state index is -3.06. The van der Waals surface area contributed by atoms with Crippen LogP contribution < -0.4 is 15.4 Å². The van der Waals surface area contributed by atoms with Crippen molar-refractivity contribution in [3.63, 3.8) is 0 Å². The SMILES string of the molecule is C=S(=O)(Cc1ccccc1F)Nc1ccc(-c2cc(CC)c3nc(N[C@@H]4CNC[C@@H](F)C4)ncc3n2)cc1F. The van der Waals surface area contributed by atoms with Gasteiger partial charge in [0.25, 0.3) is 0 Å². The highest BCUT2D eigenvalue weighted by atomic mass is 32.2. The number of aromatic nitrogens is 3. The molecule has 4 aromatic rings. The number of anilines is 2. The Morgan fingerprint density at radius 1 is 1.08 bits per heavy atom. The molecular formula is C28H29F3N6OS. The lowest BCUT2D eigenvalue weighted by Gasteiger charge is -2.26. The Labute approximate surface area is 225 Å². The largest absolute Gasteiger partial charge is 0.350 e. The molecule has 1 aliphatic rings. The Morgan fingerprint density at radius 2 is 1.90 bits per heavy atom. The van der Waals surface area contributed by atoms with Crippen molar-refractivity contribution in [2.24, 2.45) is 0 Å². The summed E-state index contributed by atoms with van der Waals surface area (Å²) in [6.45, 7) is 2.96. The van der Waals surface area contributed by atoms with Gasteiger partial charge in [0, 0.05) is 46.4 Å². The zero-order chi connectivity index (χ0) is 27.6. The van der Waals surface area contributed by atoms with E-state index in [-0.39, 0.29) is 23.0 Å². The van der Waals surface area contributed by atoms with Crippen LogP contribution in [0, 0.1) is 11.6 Å². The maximum Gasteiger partial charge on any atom is 0.223 e. The van der Waals surface area contributed by atoms with E-state index in [1.165, 1.54) is 24.3 Å². The van der Waals surface area contributed by atoms with Gasteiger partial charge in [-0.05, 0) is 42.1 Å². The zero-order valence-electron chi connectivity index (χ0n) is 21.4. The first-order valence-electron chi connectivity index (χ1n) is 12.6. The van der Waals surface area contributed by atoms with Crippen molar-refractivity contribution in [1.82, 2.24) is 20.3 Å². The van der Waals surface area contributed by atoms with Gasteiger partial charge in [-0.1, -0.05) is 31.2 Å². The van der Waals surface area contributed by atoms with Gasteiger partial charge in [0.2, 0.25) is 5.95 Å². The molecule has 5 rings (SSSR count). The number of hydrogen-bond donors (Lipinski definition) is 3. The molecule has 39 heavy (non-hydrogen) atoms. The van der Waals surface area contributed by atoms with Crippen LogP contribution in [0.1, 0.15) is 24.5 Å². The predicted molar refractivity (Wildman–Crippen MR) is 151 cm³/mol. The fourth-order valence-electron chi connectivity index (χ4n) is 4.62. The zero-order valence-corrected chi connectivity index (χ0v) is 22.2. The molecule has 2 aromatic carbocycles. The molecule has 1 saturated heterocycles. The molecule has 204 valence electrons. The Morgan fingerprint density at radius 3 is 2.64 bits per heavy atom. The Kier molecular flexibility index (Phi) is 7.72. The average Bonchev–Trinajstić information content (AvgIpc) is 2.90. The Balaban J connectivity index is 1.37. The molecule has 1 aliphatic heterocycles. The van der Waals surface area contributed by atoms with Crippen LogP contribution in [0.25, 0.3) is 22.3 Å². The number of alkyl halides is 1. The maximum atomic E-state index is 15.1. The van der Waals surface area contributed by atoms with Gasteiger partial charge in [-0.3, -0.25) is 0 Å². The van der Waals surface area contributed by atoms with E-state index in [9.17, 15) is 13.0 Å². The molecule has 2 aromatic heterocycles. The summed E-state index contributed by atoms with van der Waals surface area (Å²) in [4.78, 5) is 13.6. The minimum absolute atomic E-state index is 0.00151. The summed E-state index contributed by atoms with van der Waals surface area (Å²) in [5, 5.41) is 6.24. The van der Waals surface area contributed by atoms with Gasteiger partial charge in [0.15, 0.2) is 0 Å². The molecular weight excluding hydrogens is 525 g/mol. The fraction of sp³-hybridized carbons (Fsp3) is 0.286. The topological polar surface area (TPSA) is 91.8 Å². The molecule has 3 atom stereocenters. The number of nitrogens with zero attached hydrogens (tertiary/aromatic N) is 3. The summed E-state index contributed by atoms with van der Waals surface area (Å²) >= 11 is 0. The monoisotopic (exact) mass is 554 g/mol. The minimum Gasteiger partial charge on any atom is -0.350 e. The summed E-state index contributed by atoms with van der Waals surface area (Å²) in [6, 6.07) is 12.1. The molecule has 3 N–H and O–H groups in total. The van der Waals surface area contributed by atoms with Gasteiger partial charge in [0.05, 0.1) is 28.8 Å². The van der Waals surface area contributed by atoms with E-state index in [4.69, 9.17) is 0 Å². The lowest BCUT2D eigenvalue weighted by molar-refractivity contribution is 0.254. The van der Waals surface area contributed by atoms with Crippen molar-refractivity contribution in [2.45, 2.75) is 37.7 Å². The third kappa shape index (κ3) is 6.31. The van der Waals surface area contributed by atoms with Crippen molar-refractivity contribution < 1.29 is 17.4 Å². The number of halogens is 3. The van der Waals surface area contributed by atoms with Gasteiger partial charge in [-0.2, -0.15) is 0 Å². The normalized spacial score (nSPS) is 19.0. The van der Waals surface area contributed by atoms with Gasteiger partial charge >= 0.3 is 0 Å². The smallest absolute Gasteiger partial charge is 0.223 e. The van der Waals surface area contributed by atoms with Gasteiger partial charge in [0.1, 0.15) is 23.3 Å². The molecule has 0 amide bonds. The van der Waals surface area contributed by atoms with Gasteiger partial charge in [-0.25, -0.2) is 32.3 Å². The Hall–Kier alpha value is -3.70. The van der Waals surface area contributed by atoms with Crippen LogP contribution >= 0.6 is 0 Å². The molecule has 3 heterocycles. The second-order valence-electron chi connectivity index (χ2n) is 9.62. The van der Waals surface area contributed by atoms with Crippen molar-refractivity contribution in [3.05, 3.63) is 77.5 Å². The molecule has 7 nitrogen and oxygen atoms in total. The first-order valence-corrected chi connectivity index (χ1v) is 14.5. The van der Waals surface area contributed by atoms with E-state index < -0.39 is 27.5 Å². The van der Waals surface area contributed by atoms with E-state index in [0.717, 1.165) is 5.56 Å². The van der Waals surface area contributed by atoms with E-state index >= 15 is 4.39 Å². The average molecular weight is 555 g/mol. The number of fused-ring (bicyclic) bond motifs is 1. The van der Waals surface area contributed by atoms with Crippen molar-refractivity contribution in [3.8, 4) is 11.3 Å². The second kappa shape index (κ2) is 11.2. The quantitative estimate of drug-likeness (QED) is 0.269. The lowest BCUT2D eigenvalue weighted by Crippen LogP contribution is -2.44. The Bertz CT molecular complexity index is 1610. The van der Waals surface area contributed by atoms with Crippen molar-refractivity contribution in [2.75, 3.05) is 23.1 Å². The van der Waals surface area contributed by atoms with E-state index in [2.05, 4.69) is 36.2 Å². The number of nitrogens with one attached hydrogen (secondary N) is 3. The third-order valence-electron chi connectivity index (χ3n) is 6.54. The predicted octanol–water partition coefficient (Wildman–Crippen LogP) is 4.89. The summed E-state index contributed by atoms with van der Waals surface area (Å²) < 4.78 is 58.4. The number of benzene rings is 2. The molecule has 0 spiro atoms. The van der Waals surface area contributed by atoms with Crippen LogP contribution in [0.3, 0.4) is 0 Å². The molecule has 0 aliphatic carbocycles. The first kappa shape index (κ1) is 26.9.